The van der Waals surface area contributed by atoms with E-state index in [0.29, 0.717) is 12.0 Å². The summed E-state index contributed by atoms with van der Waals surface area (Å²) in [5, 5.41) is 9.05. The zero-order valence-electron chi connectivity index (χ0n) is 7.68. The summed E-state index contributed by atoms with van der Waals surface area (Å²) in [6, 6.07) is 1.22. The Hall–Kier alpha value is -1.32. The summed E-state index contributed by atoms with van der Waals surface area (Å²) >= 11 is 0. The van der Waals surface area contributed by atoms with Crippen LogP contribution in [0.2, 0.25) is 0 Å². The van der Waals surface area contributed by atoms with Crippen LogP contribution >= 0.6 is 0 Å². The SMILES string of the molecule is CC1CCc2cc(O)c(F)c(F)c2O1. The molecule has 1 aromatic rings. The Morgan fingerprint density at radius 2 is 2.14 bits per heavy atom. The zero-order valence-corrected chi connectivity index (χ0v) is 7.68. The molecular weight excluding hydrogens is 190 g/mol. The van der Waals surface area contributed by atoms with Crippen LogP contribution in [0.5, 0.6) is 11.5 Å². The molecule has 1 atom stereocenters. The number of benzene rings is 1. The van der Waals surface area contributed by atoms with E-state index < -0.39 is 17.4 Å². The molecule has 1 aliphatic heterocycles. The molecule has 0 aliphatic carbocycles. The van der Waals surface area contributed by atoms with Crippen molar-refractivity contribution in [2.45, 2.75) is 25.9 Å². The Morgan fingerprint density at radius 1 is 1.43 bits per heavy atom. The molecule has 2 rings (SSSR count). The van der Waals surface area contributed by atoms with Crippen molar-refractivity contribution < 1.29 is 18.6 Å². The van der Waals surface area contributed by atoms with Gasteiger partial charge in [0.2, 0.25) is 11.6 Å². The molecule has 14 heavy (non-hydrogen) atoms. The van der Waals surface area contributed by atoms with E-state index in [2.05, 4.69) is 0 Å². The average Bonchev–Trinajstić information content (AvgIpc) is 2.16. The zero-order chi connectivity index (χ0) is 10.3. The van der Waals surface area contributed by atoms with Crippen LogP contribution in [-0.2, 0) is 6.42 Å². The highest BCUT2D eigenvalue weighted by Crippen LogP contribution is 2.35. The molecule has 0 bridgehead atoms. The average molecular weight is 200 g/mol. The molecule has 0 spiro atoms. The van der Waals surface area contributed by atoms with Crippen LogP contribution in [0.3, 0.4) is 0 Å². The predicted molar refractivity (Wildman–Crippen MR) is 46.4 cm³/mol. The summed E-state index contributed by atoms with van der Waals surface area (Å²) in [4.78, 5) is 0. The Labute approximate surface area is 80.1 Å². The quantitative estimate of drug-likeness (QED) is 0.696. The molecule has 0 amide bonds. The molecule has 0 saturated carbocycles. The van der Waals surface area contributed by atoms with E-state index in [9.17, 15) is 8.78 Å². The van der Waals surface area contributed by atoms with Crippen molar-refractivity contribution in [1.29, 1.82) is 0 Å². The van der Waals surface area contributed by atoms with Gasteiger partial charge in [0, 0.05) is 5.56 Å². The number of halogens is 2. The number of rotatable bonds is 0. The number of aryl methyl sites for hydroxylation is 1. The van der Waals surface area contributed by atoms with Gasteiger partial charge < -0.3 is 9.84 Å². The minimum absolute atomic E-state index is 0.0564. The van der Waals surface area contributed by atoms with Crippen LogP contribution in [0, 0.1) is 11.6 Å². The molecule has 1 aromatic carbocycles. The topological polar surface area (TPSA) is 29.5 Å². The number of ether oxygens (including phenoxy) is 1. The van der Waals surface area contributed by atoms with Gasteiger partial charge in [-0.25, -0.2) is 0 Å². The van der Waals surface area contributed by atoms with Gasteiger partial charge in [0.15, 0.2) is 11.5 Å². The lowest BCUT2D eigenvalue weighted by Crippen LogP contribution is -2.20. The first kappa shape index (κ1) is 9.24. The lowest BCUT2D eigenvalue weighted by Gasteiger charge is -2.23. The van der Waals surface area contributed by atoms with E-state index in [1.807, 2.05) is 0 Å². The van der Waals surface area contributed by atoms with E-state index in [-0.39, 0.29) is 11.9 Å². The summed E-state index contributed by atoms with van der Waals surface area (Å²) in [6.07, 6.45) is 1.24. The van der Waals surface area contributed by atoms with Crippen molar-refractivity contribution in [2.75, 3.05) is 0 Å². The highest BCUT2D eigenvalue weighted by molar-refractivity contribution is 5.43. The minimum atomic E-state index is -1.24. The van der Waals surface area contributed by atoms with Crippen LogP contribution in [-0.4, -0.2) is 11.2 Å². The van der Waals surface area contributed by atoms with Crippen molar-refractivity contribution >= 4 is 0 Å². The predicted octanol–water partition coefficient (Wildman–Crippen LogP) is 2.38. The van der Waals surface area contributed by atoms with E-state index in [1.54, 1.807) is 6.92 Å². The molecule has 1 N–H and O–H groups in total. The van der Waals surface area contributed by atoms with Gasteiger partial charge in [-0.05, 0) is 25.8 Å². The van der Waals surface area contributed by atoms with Gasteiger partial charge in [-0.1, -0.05) is 0 Å². The van der Waals surface area contributed by atoms with Crippen LogP contribution in [0.4, 0.5) is 8.78 Å². The smallest absolute Gasteiger partial charge is 0.204 e. The number of phenols is 1. The minimum Gasteiger partial charge on any atom is -0.505 e. The third-order valence-corrected chi connectivity index (χ3v) is 2.36. The number of hydrogen-bond acceptors (Lipinski definition) is 2. The second-order valence-corrected chi connectivity index (χ2v) is 3.48. The second-order valence-electron chi connectivity index (χ2n) is 3.48. The van der Waals surface area contributed by atoms with Crippen LogP contribution in [0.25, 0.3) is 0 Å². The number of fused-ring (bicyclic) bond motifs is 1. The van der Waals surface area contributed by atoms with Crippen molar-refractivity contribution in [3.05, 3.63) is 23.3 Å². The van der Waals surface area contributed by atoms with E-state index in [4.69, 9.17) is 9.84 Å². The molecule has 1 aliphatic rings. The first-order valence-electron chi connectivity index (χ1n) is 4.46. The molecule has 1 unspecified atom stereocenters. The highest BCUT2D eigenvalue weighted by Gasteiger charge is 2.24. The lowest BCUT2D eigenvalue weighted by molar-refractivity contribution is 0.179. The van der Waals surface area contributed by atoms with Crippen LogP contribution in [0.1, 0.15) is 18.9 Å². The third-order valence-electron chi connectivity index (χ3n) is 2.36. The summed E-state index contributed by atoms with van der Waals surface area (Å²) in [5.74, 6) is -3.04. The van der Waals surface area contributed by atoms with Crippen molar-refractivity contribution in [2.24, 2.45) is 0 Å². The van der Waals surface area contributed by atoms with Gasteiger partial charge in [0.1, 0.15) is 0 Å². The van der Waals surface area contributed by atoms with Gasteiger partial charge >= 0.3 is 0 Å². The third kappa shape index (κ3) is 1.31. The monoisotopic (exact) mass is 200 g/mol. The fraction of sp³-hybridized carbons (Fsp3) is 0.400. The molecule has 1 heterocycles. The molecule has 0 aromatic heterocycles. The molecule has 0 fully saturated rings. The maximum absolute atomic E-state index is 13.3. The van der Waals surface area contributed by atoms with Gasteiger partial charge in [-0.2, -0.15) is 8.78 Å². The van der Waals surface area contributed by atoms with E-state index in [1.165, 1.54) is 6.07 Å². The van der Waals surface area contributed by atoms with Crippen molar-refractivity contribution in [3.63, 3.8) is 0 Å². The van der Waals surface area contributed by atoms with Gasteiger partial charge in [-0.3, -0.25) is 0 Å². The molecule has 76 valence electrons. The highest BCUT2D eigenvalue weighted by atomic mass is 19.2. The largest absolute Gasteiger partial charge is 0.505 e. The Balaban J connectivity index is 2.55. The van der Waals surface area contributed by atoms with E-state index in [0.717, 1.165) is 6.42 Å². The number of phenolic OH excluding ortho intramolecular Hbond substituents is 1. The molecule has 4 heteroatoms. The fourth-order valence-electron chi connectivity index (χ4n) is 1.58. The summed E-state index contributed by atoms with van der Waals surface area (Å²) in [7, 11) is 0. The van der Waals surface area contributed by atoms with Gasteiger partial charge in [0.25, 0.3) is 0 Å². The first-order valence-corrected chi connectivity index (χ1v) is 4.46. The Kier molecular flexibility index (Phi) is 2.06. The van der Waals surface area contributed by atoms with Gasteiger partial charge in [0.05, 0.1) is 6.10 Å². The number of hydrogen-bond donors (Lipinski definition) is 1. The fourth-order valence-corrected chi connectivity index (χ4v) is 1.58. The first-order chi connectivity index (χ1) is 6.59. The summed E-state index contributed by atoms with van der Waals surface area (Å²) in [6.45, 7) is 1.80. The molecular formula is C10H10F2O2. The molecule has 0 saturated heterocycles. The maximum Gasteiger partial charge on any atom is 0.204 e. The maximum atomic E-state index is 13.3. The van der Waals surface area contributed by atoms with Crippen molar-refractivity contribution in [3.8, 4) is 11.5 Å². The summed E-state index contributed by atoms with van der Waals surface area (Å²) in [5.41, 5.74) is 0.527. The van der Waals surface area contributed by atoms with Crippen molar-refractivity contribution in [1.82, 2.24) is 0 Å². The Bertz CT molecular complexity index is 377. The molecule has 2 nitrogen and oxygen atoms in total. The van der Waals surface area contributed by atoms with Crippen LogP contribution < -0.4 is 4.74 Å². The normalized spacial score (nSPS) is 20.1. The van der Waals surface area contributed by atoms with Crippen LogP contribution in [0.15, 0.2) is 6.07 Å². The second kappa shape index (κ2) is 3.12. The lowest BCUT2D eigenvalue weighted by atomic mass is 10.0. The molecule has 0 radical (unpaired) electrons. The standard InChI is InChI=1S/C10H10F2O2/c1-5-2-3-6-4-7(13)8(11)9(12)10(6)14-5/h4-5,13H,2-3H2,1H3. The van der Waals surface area contributed by atoms with E-state index >= 15 is 0 Å². The Morgan fingerprint density at radius 3 is 2.86 bits per heavy atom. The van der Waals surface area contributed by atoms with Gasteiger partial charge in [-0.15, -0.1) is 0 Å². The summed E-state index contributed by atoms with van der Waals surface area (Å²) < 4.78 is 31.4. The number of aromatic hydroxyl groups is 1.